The molecule has 0 saturated carbocycles. The fourth-order valence-electron chi connectivity index (χ4n) is 2.11. The summed E-state index contributed by atoms with van der Waals surface area (Å²) >= 11 is 5.13. The first kappa shape index (κ1) is 15.0. The normalized spacial score (nSPS) is 15.9. The third-order valence-electron chi connectivity index (χ3n) is 3.12. The van der Waals surface area contributed by atoms with Gasteiger partial charge in [0.2, 0.25) is 0 Å². The van der Waals surface area contributed by atoms with Crippen LogP contribution in [0.2, 0.25) is 0 Å². The van der Waals surface area contributed by atoms with E-state index in [9.17, 15) is 4.79 Å². The van der Waals surface area contributed by atoms with Crippen molar-refractivity contribution in [3.05, 3.63) is 56.9 Å². The van der Waals surface area contributed by atoms with E-state index in [1.54, 1.807) is 11.3 Å². The average Bonchev–Trinajstić information content (AvgIpc) is 3.04. The van der Waals surface area contributed by atoms with Crippen molar-refractivity contribution in [2.75, 3.05) is 19.0 Å². The topological polar surface area (TPSA) is 41.9 Å². The molecule has 3 rings (SSSR count). The Morgan fingerprint density at radius 1 is 1.27 bits per heavy atom. The van der Waals surface area contributed by atoms with Gasteiger partial charge in [0.15, 0.2) is 0 Å². The molecular weight excluding hydrogens is 364 g/mol. The molecule has 2 heterocycles. The summed E-state index contributed by atoms with van der Waals surface area (Å²) in [5, 5.41) is 5.00. The van der Waals surface area contributed by atoms with Crippen LogP contribution in [0.15, 0.2) is 51.6 Å². The van der Waals surface area contributed by atoms with Crippen LogP contribution < -0.4 is 4.90 Å². The van der Waals surface area contributed by atoms with Crippen molar-refractivity contribution < 1.29 is 9.63 Å². The molecule has 0 spiro atoms. The lowest BCUT2D eigenvalue weighted by molar-refractivity contribution is -0.136. The Kier molecular flexibility index (Phi) is 4.13. The Balaban J connectivity index is 2.00. The zero-order valence-electron chi connectivity index (χ0n) is 12.0. The summed E-state index contributed by atoms with van der Waals surface area (Å²) in [5.74, 6) is -0.422. The first-order valence-electron chi connectivity index (χ1n) is 6.60. The smallest absolute Gasteiger partial charge is 0.368 e. The van der Waals surface area contributed by atoms with E-state index in [0.29, 0.717) is 11.3 Å². The summed E-state index contributed by atoms with van der Waals surface area (Å²) in [6, 6.07) is 11.5. The molecule has 0 bridgehead atoms. The Hall–Kier alpha value is -1.92. The number of halogens is 1. The molecule has 0 amide bonds. The van der Waals surface area contributed by atoms with E-state index < -0.39 is 5.97 Å². The van der Waals surface area contributed by atoms with Crippen molar-refractivity contribution in [1.29, 1.82) is 0 Å². The monoisotopic (exact) mass is 376 g/mol. The molecule has 112 valence electrons. The number of carbonyl (C=O) groups is 1. The van der Waals surface area contributed by atoms with Gasteiger partial charge in [-0.05, 0) is 28.1 Å². The van der Waals surface area contributed by atoms with E-state index in [-0.39, 0.29) is 0 Å². The summed E-state index contributed by atoms with van der Waals surface area (Å²) in [4.78, 5) is 19.8. The molecule has 0 N–H and O–H groups in total. The predicted octanol–water partition coefficient (Wildman–Crippen LogP) is 3.92. The molecule has 22 heavy (non-hydrogen) atoms. The second-order valence-corrected chi connectivity index (χ2v) is 6.86. The van der Waals surface area contributed by atoms with Gasteiger partial charge in [-0.3, -0.25) is 0 Å². The van der Waals surface area contributed by atoms with Crippen molar-refractivity contribution in [3.63, 3.8) is 0 Å². The lowest BCUT2D eigenvalue weighted by atomic mass is 10.0. The molecule has 1 aromatic heterocycles. The van der Waals surface area contributed by atoms with Crippen LogP contribution >= 0.6 is 27.3 Å². The molecule has 6 heteroatoms. The third kappa shape index (κ3) is 2.84. The Bertz CT molecular complexity index is 779. The van der Waals surface area contributed by atoms with Gasteiger partial charge in [0, 0.05) is 24.5 Å². The lowest BCUT2D eigenvalue weighted by Gasteiger charge is -2.08. The zero-order valence-corrected chi connectivity index (χ0v) is 14.4. The fourth-order valence-corrected chi connectivity index (χ4v) is 4.02. The molecule has 4 nitrogen and oxygen atoms in total. The van der Waals surface area contributed by atoms with Crippen LogP contribution in [0.25, 0.3) is 6.08 Å². The van der Waals surface area contributed by atoms with Gasteiger partial charge in [-0.25, -0.2) is 4.79 Å². The summed E-state index contributed by atoms with van der Waals surface area (Å²) in [7, 11) is 3.96. The highest BCUT2D eigenvalue weighted by Crippen LogP contribution is 2.36. The first-order chi connectivity index (χ1) is 10.6. The van der Waals surface area contributed by atoms with Crippen LogP contribution in [0.3, 0.4) is 0 Å². The van der Waals surface area contributed by atoms with Crippen LogP contribution in [0.4, 0.5) is 5.00 Å². The second-order valence-electron chi connectivity index (χ2n) is 4.94. The minimum absolute atomic E-state index is 0.422. The summed E-state index contributed by atoms with van der Waals surface area (Å²) in [5.41, 5.74) is 1.91. The van der Waals surface area contributed by atoms with Crippen molar-refractivity contribution >= 4 is 50.0 Å². The molecule has 2 aromatic rings. The van der Waals surface area contributed by atoms with Crippen LogP contribution in [0.1, 0.15) is 10.4 Å². The van der Waals surface area contributed by atoms with E-state index in [4.69, 9.17) is 4.84 Å². The number of oxime groups is 1. The number of carbonyl (C=O) groups excluding carboxylic acids is 1. The van der Waals surface area contributed by atoms with Crippen molar-refractivity contribution in [3.8, 4) is 0 Å². The molecular formula is C16H13BrN2O2S. The van der Waals surface area contributed by atoms with Crippen LogP contribution in [-0.4, -0.2) is 25.8 Å². The van der Waals surface area contributed by atoms with Crippen molar-refractivity contribution in [2.45, 2.75) is 0 Å². The number of anilines is 1. The molecule has 0 unspecified atom stereocenters. The van der Waals surface area contributed by atoms with E-state index in [1.807, 2.05) is 61.5 Å². The molecule has 1 aromatic carbocycles. The number of hydrogen-bond donors (Lipinski definition) is 0. The molecule has 0 fully saturated rings. The highest BCUT2D eigenvalue weighted by atomic mass is 79.9. The molecule has 0 aliphatic carbocycles. The maximum atomic E-state index is 12.0. The Morgan fingerprint density at radius 3 is 2.64 bits per heavy atom. The van der Waals surface area contributed by atoms with Crippen molar-refractivity contribution in [2.24, 2.45) is 5.16 Å². The molecule has 0 saturated heterocycles. The van der Waals surface area contributed by atoms with E-state index in [1.165, 1.54) is 0 Å². The fraction of sp³-hybridized carbons (Fsp3) is 0.125. The SMILES string of the molecule is CN(C)c1sc(C=C2C(=O)ON=C2c2ccccc2)cc1Br. The molecule has 1 aliphatic rings. The third-order valence-corrected chi connectivity index (χ3v) is 5.24. The van der Waals surface area contributed by atoms with Crippen LogP contribution in [0.5, 0.6) is 0 Å². The van der Waals surface area contributed by atoms with Gasteiger partial charge >= 0.3 is 5.97 Å². The van der Waals surface area contributed by atoms with E-state index in [2.05, 4.69) is 21.1 Å². The van der Waals surface area contributed by atoms with Gasteiger partial charge in [-0.2, -0.15) is 0 Å². The average molecular weight is 377 g/mol. The molecule has 0 radical (unpaired) electrons. The number of benzene rings is 1. The number of hydrogen-bond acceptors (Lipinski definition) is 5. The van der Waals surface area contributed by atoms with Crippen LogP contribution in [-0.2, 0) is 9.63 Å². The number of rotatable bonds is 3. The predicted molar refractivity (Wildman–Crippen MR) is 93.4 cm³/mol. The summed E-state index contributed by atoms with van der Waals surface area (Å²) in [6.07, 6.45) is 1.82. The summed E-state index contributed by atoms with van der Waals surface area (Å²) in [6.45, 7) is 0. The first-order valence-corrected chi connectivity index (χ1v) is 8.20. The lowest BCUT2D eigenvalue weighted by Crippen LogP contribution is -2.06. The zero-order chi connectivity index (χ0) is 15.7. The van der Waals surface area contributed by atoms with E-state index in [0.717, 1.165) is 19.9 Å². The molecule has 0 atom stereocenters. The minimum atomic E-state index is -0.422. The minimum Gasteiger partial charge on any atom is -0.369 e. The van der Waals surface area contributed by atoms with Gasteiger partial charge in [0.1, 0.15) is 10.7 Å². The van der Waals surface area contributed by atoms with E-state index >= 15 is 0 Å². The van der Waals surface area contributed by atoms with Gasteiger partial charge in [0.25, 0.3) is 0 Å². The highest BCUT2D eigenvalue weighted by Gasteiger charge is 2.27. The second kappa shape index (κ2) is 6.06. The van der Waals surface area contributed by atoms with Crippen LogP contribution in [0, 0.1) is 0 Å². The number of nitrogens with zero attached hydrogens (tertiary/aromatic N) is 2. The largest absolute Gasteiger partial charge is 0.369 e. The van der Waals surface area contributed by atoms with Gasteiger partial charge in [-0.15, -0.1) is 11.3 Å². The standard InChI is InChI=1S/C16H13BrN2O2S/c1-19(2)15-13(17)9-11(22-15)8-12-14(18-21-16(12)20)10-6-4-3-5-7-10/h3-9H,1-2H3. The van der Waals surface area contributed by atoms with Gasteiger partial charge in [0.05, 0.1) is 10.0 Å². The molecule has 1 aliphatic heterocycles. The highest BCUT2D eigenvalue weighted by molar-refractivity contribution is 9.10. The number of thiophene rings is 1. The van der Waals surface area contributed by atoms with Gasteiger partial charge in [-0.1, -0.05) is 35.5 Å². The quantitative estimate of drug-likeness (QED) is 0.602. The maximum absolute atomic E-state index is 12.0. The summed E-state index contributed by atoms with van der Waals surface area (Å²) < 4.78 is 0.999. The maximum Gasteiger partial charge on any atom is 0.368 e. The Labute approximate surface area is 140 Å². The van der Waals surface area contributed by atoms with Crippen molar-refractivity contribution in [1.82, 2.24) is 0 Å². The Morgan fingerprint density at radius 2 is 2.00 bits per heavy atom. The van der Waals surface area contributed by atoms with Gasteiger partial charge < -0.3 is 9.74 Å².